The van der Waals surface area contributed by atoms with Gasteiger partial charge in [0.15, 0.2) is 14.8 Å². The summed E-state index contributed by atoms with van der Waals surface area (Å²) in [7, 11) is 0. The van der Waals surface area contributed by atoms with Crippen molar-refractivity contribution in [1.29, 1.82) is 0 Å². The van der Waals surface area contributed by atoms with Crippen molar-refractivity contribution in [2.45, 2.75) is 19.0 Å². The lowest BCUT2D eigenvalue weighted by atomic mass is 10.2. The summed E-state index contributed by atoms with van der Waals surface area (Å²) in [5.41, 5.74) is 3.42. The maximum absolute atomic E-state index is 13.4. The number of hydrogen-bond donors (Lipinski definition) is 0. The van der Waals surface area contributed by atoms with Gasteiger partial charge in [-0.25, -0.2) is 4.98 Å². The minimum Gasteiger partial charge on any atom is -0.275 e. The summed E-state index contributed by atoms with van der Waals surface area (Å²) in [6, 6.07) is 17.6. The molecule has 0 atom stereocenters. The Morgan fingerprint density at radius 3 is 2.48 bits per heavy atom. The molecule has 0 bridgehead atoms. The van der Waals surface area contributed by atoms with E-state index in [-0.39, 0.29) is 5.56 Å². The highest BCUT2D eigenvalue weighted by atomic mass is 32.2. The maximum Gasteiger partial charge on any atom is 0.278 e. The second kappa shape index (κ2) is 7.42. The zero-order valence-corrected chi connectivity index (χ0v) is 17.3. The first-order chi connectivity index (χ1) is 13.1. The van der Waals surface area contributed by atoms with Gasteiger partial charge in [0.25, 0.3) is 5.56 Å². The Bertz CT molecular complexity index is 1240. The molecule has 4 aromatic rings. The lowest BCUT2D eigenvalue weighted by Gasteiger charge is -2.13. The van der Waals surface area contributed by atoms with Crippen LogP contribution < -0.4 is 5.56 Å². The van der Waals surface area contributed by atoms with Crippen molar-refractivity contribution in [2.24, 2.45) is 0 Å². The van der Waals surface area contributed by atoms with E-state index in [1.54, 1.807) is 16.3 Å². The smallest absolute Gasteiger partial charge is 0.275 e. The lowest BCUT2D eigenvalue weighted by Crippen LogP contribution is -2.21. The molecule has 0 fully saturated rings. The highest BCUT2D eigenvalue weighted by molar-refractivity contribution is 7.99. The van der Waals surface area contributed by atoms with Gasteiger partial charge in [0.2, 0.25) is 0 Å². The van der Waals surface area contributed by atoms with Crippen molar-refractivity contribution < 1.29 is 0 Å². The molecule has 2 heterocycles. The van der Waals surface area contributed by atoms with Crippen LogP contribution in [0.25, 0.3) is 21.7 Å². The van der Waals surface area contributed by atoms with E-state index >= 15 is 0 Å². The maximum atomic E-state index is 13.4. The van der Waals surface area contributed by atoms with E-state index in [0.29, 0.717) is 19.5 Å². The molecule has 0 saturated heterocycles. The summed E-state index contributed by atoms with van der Waals surface area (Å²) in [6.07, 6.45) is 0. The first-order valence-electron chi connectivity index (χ1n) is 8.54. The molecule has 2 aromatic heterocycles. The summed E-state index contributed by atoms with van der Waals surface area (Å²) in [5, 5.41) is 0.677. The van der Waals surface area contributed by atoms with Crippen molar-refractivity contribution in [2.75, 3.05) is 5.75 Å². The van der Waals surface area contributed by atoms with Gasteiger partial charge in [0.05, 0.1) is 11.4 Å². The van der Waals surface area contributed by atoms with E-state index in [4.69, 9.17) is 17.2 Å². The quantitative estimate of drug-likeness (QED) is 0.256. The SMILES string of the molecule is CCSc1nc2c(sc(=S)n2-c2ccccc2C)c(=O)n1-c1ccccc1. The van der Waals surface area contributed by atoms with Crippen LogP contribution in [0.3, 0.4) is 0 Å². The lowest BCUT2D eigenvalue weighted by molar-refractivity contribution is 0.812. The van der Waals surface area contributed by atoms with Crippen molar-refractivity contribution in [3.05, 3.63) is 74.5 Å². The molecule has 0 saturated carbocycles. The summed E-state index contributed by atoms with van der Waals surface area (Å²) < 4.78 is 4.81. The van der Waals surface area contributed by atoms with Crippen LogP contribution in [0.5, 0.6) is 0 Å². The number of aromatic nitrogens is 3. The van der Waals surface area contributed by atoms with E-state index in [2.05, 4.69) is 6.92 Å². The third-order valence-electron chi connectivity index (χ3n) is 4.22. The second-order valence-electron chi connectivity index (χ2n) is 5.95. The second-order valence-corrected chi connectivity index (χ2v) is 8.82. The van der Waals surface area contributed by atoms with Crippen molar-refractivity contribution >= 4 is 45.7 Å². The number of fused-ring (bicyclic) bond motifs is 1. The molecule has 0 unspecified atom stereocenters. The van der Waals surface area contributed by atoms with E-state index < -0.39 is 0 Å². The van der Waals surface area contributed by atoms with Crippen molar-refractivity contribution in [3.8, 4) is 11.4 Å². The predicted octanol–water partition coefficient (Wildman–Crippen LogP) is 5.39. The molecule has 4 nitrogen and oxygen atoms in total. The van der Waals surface area contributed by atoms with Gasteiger partial charge in [0.1, 0.15) is 4.70 Å². The first kappa shape index (κ1) is 18.2. The van der Waals surface area contributed by atoms with E-state index in [1.165, 1.54) is 11.3 Å². The number of thiazole rings is 1. The van der Waals surface area contributed by atoms with E-state index in [9.17, 15) is 4.79 Å². The van der Waals surface area contributed by atoms with Gasteiger partial charge < -0.3 is 0 Å². The Kier molecular flexibility index (Phi) is 4.99. The molecule has 136 valence electrons. The van der Waals surface area contributed by atoms with Gasteiger partial charge in [-0.1, -0.05) is 66.4 Å². The van der Waals surface area contributed by atoms with Gasteiger partial charge in [-0.2, -0.15) is 0 Å². The van der Waals surface area contributed by atoms with Crippen molar-refractivity contribution in [3.63, 3.8) is 0 Å². The number of aryl methyl sites for hydroxylation is 1. The Balaban J connectivity index is 2.09. The fourth-order valence-corrected chi connectivity index (χ4v) is 5.01. The summed E-state index contributed by atoms with van der Waals surface area (Å²) >= 11 is 8.48. The Labute approximate surface area is 170 Å². The number of para-hydroxylation sites is 2. The van der Waals surface area contributed by atoms with Crippen LogP contribution in [0.2, 0.25) is 0 Å². The minimum atomic E-state index is -0.0782. The molecular formula is C20H17N3OS3. The molecule has 0 amide bonds. The molecule has 0 N–H and O–H groups in total. The third kappa shape index (κ3) is 3.16. The largest absolute Gasteiger partial charge is 0.278 e. The standard InChI is InChI=1S/C20H17N3OS3/c1-3-26-19-21-17-16(18(24)22(19)14-10-5-4-6-11-14)27-20(25)23(17)15-12-8-7-9-13(15)2/h4-12H,3H2,1-2H3. The average Bonchev–Trinajstić information content (AvgIpc) is 3.00. The fourth-order valence-electron chi connectivity index (χ4n) is 2.99. The average molecular weight is 412 g/mol. The topological polar surface area (TPSA) is 39.8 Å². The minimum absolute atomic E-state index is 0.0782. The normalized spacial score (nSPS) is 11.2. The first-order valence-corrected chi connectivity index (χ1v) is 10.8. The number of rotatable bonds is 4. The van der Waals surface area contributed by atoms with Crippen LogP contribution in [-0.2, 0) is 0 Å². The van der Waals surface area contributed by atoms with Gasteiger partial charge in [-0.15, -0.1) is 0 Å². The Morgan fingerprint density at radius 1 is 1.07 bits per heavy atom. The zero-order chi connectivity index (χ0) is 19.0. The molecule has 0 aliphatic carbocycles. The zero-order valence-electron chi connectivity index (χ0n) is 14.9. The predicted molar refractivity (Wildman–Crippen MR) is 117 cm³/mol. The molecular weight excluding hydrogens is 394 g/mol. The fraction of sp³-hybridized carbons (Fsp3) is 0.150. The van der Waals surface area contributed by atoms with Gasteiger partial charge in [-0.05, 0) is 48.7 Å². The van der Waals surface area contributed by atoms with Gasteiger partial charge in [-0.3, -0.25) is 13.9 Å². The van der Waals surface area contributed by atoms with Gasteiger partial charge >= 0.3 is 0 Å². The Hall–Kier alpha value is -2.22. The molecule has 0 aliphatic rings. The van der Waals surface area contributed by atoms with Crippen molar-refractivity contribution in [1.82, 2.24) is 14.1 Å². The van der Waals surface area contributed by atoms with Crippen LogP contribution in [0.15, 0.2) is 64.5 Å². The number of thioether (sulfide) groups is 1. The summed E-state index contributed by atoms with van der Waals surface area (Å²) in [5.74, 6) is 0.819. The van der Waals surface area contributed by atoms with Gasteiger partial charge in [0, 0.05) is 0 Å². The van der Waals surface area contributed by atoms with Crippen LogP contribution >= 0.6 is 35.3 Å². The highest BCUT2D eigenvalue weighted by Crippen LogP contribution is 2.28. The highest BCUT2D eigenvalue weighted by Gasteiger charge is 2.19. The third-order valence-corrected chi connectivity index (χ3v) is 6.39. The van der Waals surface area contributed by atoms with E-state index in [1.807, 2.05) is 66.1 Å². The molecule has 0 spiro atoms. The molecule has 4 rings (SSSR count). The molecule has 27 heavy (non-hydrogen) atoms. The van der Waals surface area contributed by atoms with Crippen LogP contribution in [0.1, 0.15) is 12.5 Å². The Morgan fingerprint density at radius 2 is 1.78 bits per heavy atom. The molecule has 7 heteroatoms. The number of benzene rings is 2. The van der Waals surface area contributed by atoms with Crippen LogP contribution in [-0.4, -0.2) is 19.9 Å². The van der Waals surface area contributed by atoms with Crippen LogP contribution in [0, 0.1) is 10.9 Å². The number of nitrogens with zero attached hydrogens (tertiary/aromatic N) is 3. The summed E-state index contributed by atoms with van der Waals surface area (Å²) in [6.45, 7) is 4.09. The molecule has 0 radical (unpaired) electrons. The monoisotopic (exact) mass is 411 g/mol. The van der Waals surface area contributed by atoms with Crippen LogP contribution in [0.4, 0.5) is 0 Å². The molecule has 2 aromatic carbocycles. The summed E-state index contributed by atoms with van der Waals surface area (Å²) in [4.78, 5) is 18.2. The van der Waals surface area contributed by atoms with E-state index in [0.717, 1.165) is 22.7 Å². The number of hydrogen-bond acceptors (Lipinski definition) is 5. The molecule has 0 aliphatic heterocycles.